The fourth-order valence-electron chi connectivity index (χ4n) is 2.36. The van der Waals surface area contributed by atoms with Gasteiger partial charge in [-0.25, -0.2) is 8.42 Å². The summed E-state index contributed by atoms with van der Waals surface area (Å²) in [5.41, 5.74) is 0.579. The molecule has 0 aromatic heterocycles. The summed E-state index contributed by atoms with van der Waals surface area (Å²) in [7, 11) is -8.01. The van der Waals surface area contributed by atoms with Gasteiger partial charge in [0.15, 0.2) is 5.37 Å². The number of para-hydroxylation sites is 1. The van der Waals surface area contributed by atoms with E-state index in [4.69, 9.17) is 4.18 Å². The third-order valence-corrected chi connectivity index (χ3v) is 6.62. The first-order chi connectivity index (χ1) is 12.3. The lowest BCUT2D eigenvalue weighted by Crippen LogP contribution is -2.43. The molecular weight excluding hydrogens is 374 g/mol. The SMILES string of the molecule is CCCCC(NS(=O)(=O)Cc1ccccc1)S(=O)(=O)Oc1ccccc1. The Morgan fingerprint density at radius 1 is 0.923 bits per heavy atom. The molecule has 0 saturated heterocycles. The van der Waals surface area contributed by atoms with Crippen LogP contribution >= 0.6 is 0 Å². The number of benzene rings is 2. The quantitative estimate of drug-likeness (QED) is 0.623. The second-order valence-electron chi connectivity index (χ2n) is 5.88. The normalized spacial score (nSPS) is 13.3. The molecule has 0 saturated carbocycles. The van der Waals surface area contributed by atoms with E-state index in [2.05, 4.69) is 4.72 Å². The maximum Gasteiger partial charge on any atom is 0.326 e. The predicted octanol–water partition coefficient (Wildman–Crippen LogP) is 3.03. The number of unbranched alkanes of at least 4 members (excludes halogenated alkanes) is 1. The number of nitrogens with one attached hydrogen (secondary N) is 1. The van der Waals surface area contributed by atoms with Crippen LogP contribution in [0, 0.1) is 0 Å². The molecule has 1 unspecified atom stereocenters. The molecule has 6 nitrogen and oxygen atoms in total. The van der Waals surface area contributed by atoms with E-state index in [1.54, 1.807) is 48.5 Å². The Hall–Kier alpha value is -1.90. The number of sulfonamides is 1. The van der Waals surface area contributed by atoms with Gasteiger partial charge in [-0.2, -0.15) is 13.1 Å². The second-order valence-corrected chi connectivity index (χ2v) is 9.36. The zero-order chi connectivity index (χ0) is 19.0. The van der Waals surface area contributed by atoms with E-state index >= 15 is 0 Å². The average molecular weight is 398 g/mol. The first kappa shape index (κ1) is 20.4. The molecule has 0 fully saturated rings. The first-order valence-corrected chi connectivity index (χ1v) is 11.5. The Labute approximate surface area is 155 Å². The van der Waals surface area contributed by atoms with Crippen molar-refractivity contribution < 1.29 is 21.0 Å². The van der Waals surface area contributed by atoms with Gasteiger partial charge in [0.1, 0.15) is 5.75 Å². The molecule has 0 aliphatic carbocycles. The Morgan fingerprint density at radius 2 is 1.50 bits per heavy atom. The van der Waals surface area contributed by atoms with E-state index in [0.29, 0.717) is 12.0 Å². The molecule has 0 aliphatic rings. The highest BCUT2D eigenvalue weighted by Gasteiger charge is 2.31. The standard InChI is InChI=1S/C18H23NO5S2/c1-2-3-14-18(26(22,23)24-17-12-8-5-9-13-17)19-25(20,21)15-16-10-6-4-7-11-16/h4-13,18-19H,2-3,14-15H2,1H3. The van der Waals surface area contributed by atoms with E-state index in [-0.39, 0.29) is 17.9 Å². The van der Waals surface area contributed by atoms with Gasteiger partial charge in [-0.15, -0.1) is 0 Å². The van der Waals surface area contributed by atoms with Crippen molar-refractivity contribution in [2.45, 2.75) is 37.3 Å². The highest BCUT2D eigenvalue weighted by Crippen LogP contribution is 2.18. The van der Waals surface area contributed by atoms with Gasteiger partial charge in [0.25, 0.3) is 0 Å². The summed E-state index contributed by atoms with van der Waals surface area (Å²) in [4.78, 5) is 0. The fourth-order valence-corrected chi connectivity index (χ4v) is 5.45. The molecule has 0 amide bonds. The molecule has 0 heterocycles. The summed E-state index contributed by atoms with van der Waals surface area (Å²) in [6.45, 7) is 1.90. The van der Waals surface area contributed by atoms with Crippen molar-refractivity contribution in [1.82, 2.24) is 4.72 Å². The van der Waals surface area contributed by atoms with Gasteiger partial charge in [0, 0.05) is 0 Å². The minimum Gasteiger partial charge on any atom is -0.381 e. The molecular formula is C18H23NO5S2. The van der Waals surface area contributed by atoms with Crippen LogP contribution in [0.2, 0.25) is 0 Å². The van der Waals surface area contributed by atoms with E-state index in [1.807, 2.05) is 6.92 Å². The van der Waals surface area contributed by atoms with Gasteiger partial charge in [0.2, 0.25) is 10.0 Å². The third kappa shape index (κ3) is 6.44. The number of rotatable bonds is 10. The lowest BCUT2D eigenvalue weighted by Gasteiger charge is -2.19. The summed E-state index contributed by atoms with van der Waals surface area (Å²) < 4.78 is 57.5. The number of hydrogen-bond acceptors (Lipinski definition) is 5. The van der Waals surface area contributed by atoms with Crippen molar-refractivity contribution in [3.63, 3.8) is 0 Å². The maximum atomic E-state index is 12.6. The molecule has 2 rings (SSSR count). The topological polar surface area (TPSA) is 89.5 Å². The van der Waals surface area contributed by atoms with Crippen molar-refractivity contribution in [3.05, 3.63) is 66.2 Å². The molecule has 26 heavy (non-hydrogen) atoms. The molecule has 142 valence electrons. The maximum absolute atomic E-state index is 12.6. The molecule has 0 spiro atoms. The van der Waals surface area contributed by atoms with Crippen LogP contribution in [0.4, 0.5) is 0 Å². The van der Waals surface area contributed by atoms with Crippen LogP contribution in [0.5, 0.6) is 5.75 Å². The van der Waals surface area contributed by atoms with E-state index in [0.717, 1.165) is 6.42 Å². The van der Waals surface area contributed by atoms with Crippen molar-refractivity contribution in [1.29, 1.82) is 0 Å². The lowest BCUT2D eigenvalue weighted by atomic mass is 10.2. The molecule has 1 atom stereocenters. The van der Waals surface area contributed by atoms with Gasteiger partial charge in [-0.3, -0.25) is 0 Å². The fraction of sp³-hybridized carbons (Fsp3) is 0.333. The first-order valence-electron chi connectivity index (χ1n) is 8.34. The van der Waals surface area contributed by atoms with Crippen LogP contribution in [-0.2, 0) is 25.9 Å². The zero-order valence-corrected chi connectivity index (χ0v) is 16.2. The lowest BCUT2D eigenvalue weighted by molar-refractivity contribution is 0.454. The Balaban J connectivity index is 2.17. The van der Waals surface area contributed by atoms with Gasteiger partial charge < -0.3 is 4.18 Å². The van der Waals surface area contributed by atoms with E-state index in [9.17, 15) is 16.8 Å². The Morgan fingerprint density at radius 3 is 2.08 bits per heavy atom. The van der Waals surface area contributed by atoms with Crippen LogP contribution in [0.3, 0.4) is 0 Å². The highest BCUT2D eigenvalue weighted by atomic mass is 32.2. The van der Waals surface area contributed by atoms with Crippen LogP contribution in [0.15, 0.2) is 60.7 Å². The molecule has 0 bridgehead atoms. The molecule has 1 N–H and O–H groups in total. The van der Waals surface area contributed by atoms with Gasteiger partial charge in [0.05, 0.1) is 5.75 Å². The summed E-state index contributed by atoms with van der Waals surface area (Å²) in [5.74, 6) is -0.145. The minimum atomic E-state index is -4.16. The Bertz CT molecular complexity index is 882. The van der Waals surface area contributed by atoms with Crippen LogP contribution in [0.25, 0.3) is 0 Å². The van der Waals surface area contributed by atoms with Gasteiger partial charge in [-0.1, -0.05) is 68.3 Å². The summed E-state index contributed by atoms with van der Waals surface area (Å²) >= 11 is 0. The zero-order valence-electron chi connectivity index (χ0n) is 14.5. The van der Waals surface area contributed by atoms with Crippen molar-refractivity contribution in [2.75, 3.05) is 0 Å². The molecule has 0 radical (unpaired) electrons. The van der Waals surface area contributed by atoms with Crippen LogP contribution in [0.1, 0.15) is 31.7 Å². The van der Waals surface area contributed by atoms with Crippen molar-refractivity contribution in [2.24, 2.45) is 0 Å². The molecule has 8 heteroatoms. The van der Waals surface area contributed by atoms with Gasteiger partial charge >= 0.3 is 10.1 Å². The molecule has 2 aromatic carbocycles. The van der Waals surface area contributed by atoms with Gasteiger partial charge in [-0.05, 0) is 24.1 Å². The Kier molecular flexibility index (Phi) is 7.19. The number of hydrogen-bond donors (Lipinski definition) is 1. The van der Waals surface area contributed by atoms with Crippen LogP contribution in [-0.4, -0.2) is 22.2 Å². The predicted molar refractivity (Wildman–Crippen MR) is 102 cm³/mol. The average Bonchev–Trinajstić information content (AvgIpc) is 2.59. The van der Waals surface area contributed by atoms with Crippen LogP contribution < -0.4 is 8.91 Å². The van der Waals surface area contributed by atoms with E-state index in [1.165, 1.54) is 12.1 Å². The summed E-state index contributed by atoms with van der Waals surface area (Å²) in [6, 6.07) is 16.6. The smallest absolute Gasteiger partial charge is 0.326 e. The van der Waals surface area contributed by atoms with Crippen molar-refractivity contribution >= 4 is 20.1 Å². The minimum absolute atomic E-state index is 0.139. The third-order valence-electron chi connectivity index (χ3n) is 3.63. The summed E-state index contributed by atoms with van der Waals surface area (Å²) in [6.07, 6.45) is 1.42. The molecule has 2 aromatic rings. The largest absolute Gasteiger partial charge is 0.381 e. The monoisotopic (exact) mass is 397 g/mol. The highest BCUT2D eigenvalue weighted by molar-refractivity contribution is 7.91. The van der Waals surface area contributed by atoms with Crippen molar-refractivity contribution in [3.8, 4) is 5.75 Å². The van der Waals surface area contributed by atoms with E-state index < -0.39 is 25.5 Å². The summed E-state index contributed by atoms with van der Waals surface area (Å²) in [5, 5.41) is -1.34. The molecule has 0 aliphatic heterocycles. The second kappa shape index (κ2) is 9.16.